The molecule has 3 nitrogen and oxygen atoms in total. The zero-order chi connectivity index (χ0) is 12.7. The Morgan fingerprint density at radius 2 is 2.12 bits per heavy atom. The Labute approximate surface area is 106 Å². The third-order valence-electron chi connectivity index (χ3n) is 3.81. The molecule has 1 aliphatic carbocycles. The van der Waals surface area contributed by atoms with E-state index in [2.05, 4.69) is 18.7 Å². The van der Waals surface area contributed by atoms with Gasteiger partial charge >= 0.3 is 0 Å². The van der Waals surface area contributed by atoms with E-state index in [0.29, 0.717) is 18.5 Å². The number of hydrogen-bond acceptors (Lipinski definition) is 2. The van der Waals surface area contributed by atoms with Crippen molar-refractivity contribution >= 4 is 5.91 Å². The average Bonchev–Trinajstić information content (AvgIpc) is 2.27. The molecule has 1 rings (SSSR count). The Kier molecular flexibility index (Phi) is 6.56. The molecule has 0 aromatic heterocycles. The molecule has 1 saturated carbocycles. The highest BCUT2D eigenvalue weighted by molar-refractivity contribution is 5.78. The van der Waals surface area contributed by atoms with E-state index in [9.17, 15) is 4.79 Å². The molecule has 0 heterocycles. The molecule has 3 heteroatoms. The third kappa shape index (κ3) is 4.30. The molecule has 0 spiro atoms. The summed E-state index contributed by atoms with van der Waals surface area (Å²) in [5.74, 6) is 0.546. The van der Waals surface area contributed by atoms with Crippen LogP contribution in [0.25, 0.3) is 0 Å². The van der Waals surface area contributed by atoms with E-state index in [0.717, 1.165) is 25.8 Å². The molecule has 100 valence electrons. The van der Waals surface area contributed by atoms with Crippen LogP contribution in [0.4, 0.5) is 0 Å². The quantitative estimate of drug-likeness (QED) is 0.708. The number of unbranched alkanes of at least 4 members (excludes halogenated alkanes) is 1. The second-order valence-electron chi connectivity index (χ2n) is 5.30. The minimum atomic E-state index is 0.188. The molecule has 0 radical (unpaired) electrons. The lowest BCUT2D eigenvalue weighted by Crippen LogP contribution is -2.47. The van der Waals surface area contributed by atoms with E-state index >= 15 is 0 Å². The summed E-state index contributed by atoms with van der Waals surface area (Å²) in [7, 11) is 0. The molecule has 1 fully saturated rings. The molecular formula is C14H28N2O. The van der Waals surface area contributed by atoms with Crippen molar-refractivity contribution in [2.45, 2.75) is 64.8 Å². The number of hydrogen-bond donors (Lipinski definition) is 1. The van der Waals surface area contributed by atoms with E-state index in [1.165, 1.54) is 25.7 Å². The van der Waals surface area contributed by atoms with Gasteiger partial charge in [0.25, 0.3) is 0 Å². The van der Waals surface area contributed by atoms with Gasteiger partial charge in [0.05, 0.1) is 0 Å². The van der Waals surface area contributed by atoms with E-state index in [-0.39, 0.29) is 5.92 Å². The molecule has 1 aliphatic rings. The molecule has 0 aromatic rings. The fourth-order valence-electron chi connectivity index (χ4n) is 2.35. The number of nitrogens with two attached hydrogens (primary N) is 1. The third-order valence-corrected chi connectivity index (χ3v) is 3.81. The van der Waals surface area contributed by atoms with Crippen LogP contribution in [-0.2, 0) is 4.79 Å². The Morgan fingerprint density at radius 3 is 2.59 bits per heavy atom. The summed E-state index contributed by atoms with van der Waals surface area (Å²) in [5.41, 5.74) is 5.55. The first-order chi connectivity index (χ1) is 8.20. The number of amides is 1. The van der Waals surface area contributed by atoms with Crippen molar-refractivity contribution in [3.8, 4) is 0 Å². The topological polar surface area (TPSA) is 46.3 Å². The number of carbonyl (C=O) groups excluding carboxylic acids is 1. The minimum Gasteiger partial charge on any atom is -0.339 e. The lowest BCUT2D eigenvalue weighted by atomic mass is 9.90. The second-order valence-corrected chi connectivity index (χ2v) is 5.30. The summed E-state index contributed by atoms with van der Waals surface area (Å²) in [5, 5.41) is 0. The lowest BCUT2D eigenvalue weighted by molar-refractivity contribution is -0.139. The van der Waals surface area contributed by atoms with Crippen LogP contribution in [0.1, 0.15) is 58.8 Å². The van der Waals surface area contributed by atoms with Gasteiger partial charge in [0.2, 0.25) is 5.91 Å². The van der Waals surface area contributed by atoms with Crippen molar-refractivity contribution in [1.82, 2.24) is 4.90 Å². The van der Waals surface area contributed by atoms with Gasteiger partial charge in [0.15, 0.2) is 0 Å². The molecule has 1 atom stereocenters. The van der Waals surface area contributed by atoms with Crippen molar-refractivity contribution < 1.29 is 4.79 Å². The molecule has 0 aliphatic heterocycles. The van der Waals surface area contributed by atoms with E-state index in [4.69, 9.17) is 5.73 Å². The molecule has 0 bridgehead atoms. The maximum atomic E-state index is 12.4. The van der Waals surface area contributed by atoms with Gasteiger partial charge in [-0.25, -0.2) is 0 Å². The van der Waals surface area contributed by atoms with Crippen LogP contribution in [-0.4, -0.2) is 29.9 Å². The van der Waals surface area contributed by atoms with Crippen molar-refractivity contribution in [3.05, 3.63) is 0 Å². The van der Waals surface area contributed by atoms with E-state index in [1.807, 2.05) is 0 Å². The summed E-state index contributed by atoms with van der Waals surface area (Å²) < 4.78 is 0. The highest BCUT2D eigenvalue weighted by Gasteiger charge is 2.30. The SMILES string of the molecule is CCCCC(C)C(=O)N(CCCN)C1CCC1. The molecule has 0 saturated heterocycles. The number of nitrogens with zero attached hydrogens (tertiary/aromatic N) is 1. The zero-order valence-corrected chi connectivity index (χ0v) is 11.5. The lowest BCUT2D eigenvalue weighted by Gasteiger charge is -2.39. The molecule has 2 N–H and O–H groups in total. The first kappa shape index (κ1) is 14.5. The number of rotatable bonds is 8. The van der Waals surface area contributed by atoms with Gasteiger partial charge in [-0.1, -0.05) is 26.7 Å². The number of carbonyl (C=O) groups is 1. The van der Waals surface area contributed by atoms with Crippen molar-refractivity contribution in [1.29, 1.82) is 0 Å². The summed E-state index contributed by atoms with van der Waals surface area (Å²) >= 11 is 0. The predicted molar refractivity (Wildman–Crippen MR) is 71.7 cm³/mol. The summed E-state index contributed by atoms with van der Waals surface area (Å²) in [4.78, 5) is 14.5. The Hall–Kier alpha value is -0.570. The van der Waals surface area contributed by atoms with Gasteiger partial charge in [-0.2, -0.15) is 0 Å². The monoisotopic (exact) mass is 240 g/mol. The normalized spacial score (nSPS) is 17.6. The van der Waals surface area contributed by atoms with Gasteiger partial charge in [-0.05, 0) is 38.6 Å². The fourth-order valence-corrected chi connectivity index (χ4v) is 2.35. The predicted octanol–water partition coefficient (Wildman–Crippen LogP) is 2.54. The largest absolute Gasteiger partial charge is 0.339 e. The van der Waals surface area contributed by atoms with Gasteiger partial charge in [0.1, 0.15) is 0 Å². The van der Waals surface area contributed by atoms with Crippen LogP contribution in [0.3, 0.4) is 0 Å². The van der Waals surface area contributed by atoms with Gasteiger partial charge < -0.3 is 10.6 Å². The Morgan fingerprint density at radius 1 is 1.41 bits per heavy atom. The van der Waals surface area contributed by atoms with Gasteiger partial charge in [-0.3, -0.25) is 4.79 Å². The van der Waals surface area contributed by atoms with Crippen LogP contribution >= 0.6 is 0 Å². The fraction of sp³-hybridized carbons (Fsp3) is 0.929. The molecule has 0 aromatic carbocycles. The van der Waals surface area contributed by atoms with Crippen LogP contribution < -0.4 is 5.73 Å². The first-order valence-electron chi connectivity index (χ1n) is 7.21. The van der Waals surface area contributed by atoms with Crippen LogP contribution in [0, 0.1) is 5.92 Å². The average molecular weight is 240 g/mol. The Bertz CT molecular complexity index is 226. The van der Waals surface area contributed by atoms with Gasteiger partial charge in [-0.15, -0.1) is 0 Å². The van der Waals surface area contributed by atoms with Crippen LogP contribution in [0.15, 0.2) is 0 Å². The molecular weight excluding hydrogens is 212 g/mol. The highest BCUT2D eigenvalue weighted by Crippen LogP contribution is 2.27. The maximum absolute atomic E-state index is 12.4. The summed E-state index contributed by atoms with van der Waals surface area (Å²) in [6.45, 7) is 5.79. The summed E-state index contributed by atoms with van der Waals surface area (Å²) in [6.07, 6.45) is 7.95. The standard InChI is InChI=1S/C14H28N2O/c1-3-4-7-12(2)14(17)16(11-6-10-15)13-8-5-9-13/h12-13H,3-11,15H2,1-2H3. The van der Waals surface area contributed by atoms with Gasteiger partial charge in [0, 0.05) is 18.5 Å². The molecule has 1 amide bonds. The molecule has 17 heavy (non-hydrogen) atoms. The minimum absolute atomic E-state index is 0.188. The van der Waals surface area contributed by atoms with Crippen molar-refractivity contribution in [2.75, 3.05) is 13.1 Å². The van der Waals surface area contributed by atoms with Crippen molar-refractivity contribution in [2.24, 2.45) is 11.7 Å². The highest BCUT2D eigenvalue weighted by atomic mass is 16.2. The summed E-state index contributed by atoms with van der Waals surface area (Å²) in [6, 6.07) is 0.512. The first-order valence-corrected chi connectivity index (χ1v) is 7.21. The zero-order valence-electron chi connectivity index (χ0n) is 11.5. The van der Waals surface area contributed by atoms with Crippen LogP contribution in [0.5, 0.6) is 0 Å². The maximum Gasteiger partial charge on any atom is 0.225 e. The molecule has 1 unspecified atom stereocenters. The Balaban J connectivity index is 2.45. The van der Waals surface area contributed by atoms with E-state index < -0.39 is 0 Å². The smallest absolute Gasteiger partial charge is 0.225 e. The van der Waals surface area contributed by atoms with Crippen LogP contribution in [0.2, 0.25) is 0 Å². The van der Waals surface area contributed by atoms with E-state index in [1.54, 1.807) is 0 Å². The second kappa shape index (κ2) is 7.70. The van der Waals surface area contributed by atoms with Crippen molar-refractivity contribution in [3.63, 3.8) is 0 Å².